The molecule has 0 N–H and O–H groups in total. The molecule has 2 heterocycles. The molecule has 4 rings (SSSR count). The van der Waals surface area contributed by atoms with Gasteiger partial charge in [0.25, 0.3) is 5.56 Å². The normalized spacial score (nSPS) is 11.0. The van der Waals surface area contributed by atoms with Crippen molar-refractivity contribution >= 4 is 23.3 Å². The van der Waals surface area contributed by atoms with Gasteiger partial charge in [0.15, 0.2) is 11.2 Å². The Bertz CT molecular complexity index is 1460. The zero-order chi connectivity index (χ0) is 22.1. The van der Waals surface area contributed by atoms with Crippen LogP contribution in [0.1, 0.15) is 22.5 Å². The largest absolute Gasteiger partial charge is 0.332 e. The first-order valence-electron chi connectivity index (χ1n) is 9.44. The third-order valence-electron chi connectivity index (χ3n) is 5.17. The van der Waals surface area contributed by atoms with Crippen LogP contribution in [0.3, 0.4) is 0 Å². The van der Waals surface area contributed by atoms with Crippen molar-refractivity contribution < 1.29 is 3.89 Å². The van der Waals surface area contributed by atoms with E-state index in [9.17, 15) is 18.7 Å². The van der Waals surface area contributed by atoms with Gasteiger partial charge in [-0.05, 0) is 35.4 Å². The molecule has 0 amide bonds. The molecule has 0 unspecified atom stereocenters. The summed E-state index contributed by atoms with van der Waals surface area (Å²) in [6.45, 7) is 0.283. The number of hydrogen-bond acceptors (Lipinski definition) is 5. The van der Waals surface area contributed by atoms with Gasteiger partial charge in [0, 0.05) is 32.0 Å². The number of nitrogens with zero attached hydrogens (tertiary/aromatic N) is 5. The van der Waals surface area contributed by atoms with Crippen molar-refractivity contribution in [3.63, 3.8) is 0 Å². The fourth-order valence-electron chi connectivity index (χ4n) is 3.60. The van der Waals surface area contributed by atoms with Gasteiger partial charge < -0.3 is 4.57 Å². The molecule has 0 aliphatic heterocycles. The third-order valence-corrected chi connectivity index (χ3v) is 5.61. The molecule has 0 saturated carbocycles. The average molecular weight is 435 g/mol. The first-order chi connectivity index (χ1) is 14.9. The van der Waals surface area contributed by atoms with Crippen LogP contribution in [0.2, 0.25) is 0 Å². The van der Waals surface area contributed by atoms with Crippen molar-refractivity contribution in [2.75, 3.05) is 0 Å². The van der Waals surface area contributed by atoms with Crippen LogP contribution in [0.25, 0.3) is 11.2 Å². The van der Waals surface area contributed by atoms with Crippen molar-refractivity contribution in [1.82, 2.24) is 18.7 Å². The Morgan fingerprint density at radius 2 is 1.81 bits per heavy atom. The average Bonchev–Trinajstić information content (AvgIpc) is 3.14. The second-order valence-corrected chi connectivity index (χ2v) is 7.83. The molecule has 31 heavy (non-hydrogen) atoms. The minimum atomic E-state index is -0.462. The van der Waals surface area contributed by atoms with Crippen LogP contribution in [0, 0.1) is 11.3 Å². The Morgan fingerprint density at radius 1 is 1.06 bits per heavy atom. The van der Waals surface area contributed by atoms with E-state index in [1.165, 1.54) is 11.6 Å². The molecule has 0 spiro atoms. The summed E-state index contributed by atoms with van der Waals surface area (Å²) in [5, 5.41) is 9.19. The van der Waals surface area contributed by atoms with E-state index in [0.29, 0.717) is 28.2 Å². The number of rotatable bonds is 5. The van der Waals surface area contributed by atoms with E-state index in [-0.39, 0.29) is 24.3 Å². The van der Waals surface area contributed by atoms with Crippen LogP contribution in [0.15, 0.2) is 63.0 Å². The zero-order valence-corrected chi connectivity index (χ0v) is 17.7. The Balaban J connectivity index is 1.93. The molecule has 2 aromatic heterocycles. The van der Waals surface area contributed by atoms with Crippen molar-refractivity contribution in [3.05, 3.63) is 91.9 Å². The summed E-state index contributed by atoms with van der Waals surface area (Å²) in [4.78, 5) is 30.5. The molecule has 9 heteroatoms. The van der Waals surface area contributed by atoms with Crippen LogP contribution in [0.5, 0.6) is 0 Å². The lowest BCUT2D eigenvalue weighted by Gasteiger charge is -2.11. The second kappa shape index (κ2) is 8.24. The number of fused-ring (bicyclic) bond motifs is 1. The van der Waals surface area contributed by atoms with Crippen LogP contribution < -0.4 is 11.2 Å². The van der Waals surface area contributed by atoms with E-state index in [4.69, 9.17) is 0 Å². The molecule has 0 aliphatic rings. The number of benzene rings is 2. The van der Waals surface area contributed by atoms with Gasteiger partial charge in [-0.3, -0.25) is 13.9 Å². The van der Waals surface area contributed by atoms with Gasteiger partial charge in [-0.15, -0.1) is 0 Å². The molecule has 7 nitrogen and oxygen atoms in total. The highest BCUT2D eigenvalue weighted by atomic mass is 32.2. The fraction of sp³-hybridized carbons (Fsp3) is 0.182. The van der Waals surface area contributed by atoms with Crippen molar-refractivity contribution in [1.29, 1.82) is 5.26 Å². The van der Waals surface area contributed by atoms with Crippen molar-refractivity contribution in [2.45, 2.75) is 17.9 Å². The summed E-state index contributed by atoms with van der Waals surface area (Å²) in [5.74, 6) is 0.571. The number of imidazole rings is 1. The second-order valence-electron chi connectivity index (χ2n) is 7.21. The lowest BCUT2D eigenvalue weighted by atomic mass is 10.1. The molecule has 0 atom stereocenters. The maximum absolute atomic E-state index is 13.1. The number of aromatic nitrogens is 4. The maximum atomic E-state index is 13.1. The Hall–Kier alpha value is -3.64. The number of hydrogen-bond donors (Lipinski definition) is 0. The fourth-order valence-corrected chi connectivity index (χ4v) is 3.93. The van der Waals surface area contributed by atoms with Gasteiger partial charge in [-0.1, -0.05) is 24.3 Å². The minimum Gasteiger partial charge on any atom is -0.317 e. The first-order valence-corrected chi connectivity index (χ1v) is 10.2. The maximum Gasteiger partial charge on any atom is 0.332 e. The highest BCUT2D eigenvalue weighted by Gasteiger charge is 2.19. The van der Waals surface area contributed by atoms with Crippen LogP contribution in [0.4, 0.5) is 3.89 Å². The third kappa shape index (κ3) is 3.78. The lowest BCUT2D eigenvalue weighted by Crippen LogP contribution is -2.37. The monoisotopic (exact) mass is 435 g/mol. The van der Waals surface area contributed by atoms with E-state index in [0.717, 1.165) is 15.7 Å². The van der Waals surface area contributed by atoms with Crippen LogP contribution in [-0.2, 0) is 27.1 Å². The number of halogens is 1. The minimum absolute atomic E-state index is 0.153. The Labute approximate surface area is 181 Å². The van der Waals surface area contributed by atoms with Gasteiger partial charge in [0.2, 0.25) is 0 Å². The molecule has 0 aliphatic carbocycles. The first kappa shape index (κ1) is 20.6. The van der Waals surface area contributed by atoms with Crippen molar-refractivity contribution in [2.24, 2.45) is 14.1 Å². The smallest absolute Gasteiger partial charge is 0.317 e. The molecule has 0 bridgehead atoms. The van der Waals surface area contributed by atoms with Gasteiger partial charge >= 0.3 is 5.69 Å². The summed E-state index contributed by atoms with van der Waals surface area (Å²) in [6, 6.07) is 16.2. The molecular weight excluding hydrogens is 417 g/mol. The topological polar surface area (TPSA) is 85.6 Å². The van der Waals surface area contributed by atoms with E-state index < -0.39 is 11.2 Å². The lowest BCUT2D eigenvalue weighted by molar-refractivity contribution is 0.700. The summed E-state index contributed by atoms with van der Waals surface area (Å²) in [7, 11) is 3.00. The SMILES string of the molecule is Cn1c(=O)c2c(nc(Cc3cccc(C#N)c3)n2Cc2cccc(SF)c2)n(C)c1=O. The van der Waals surface area contributed by atoms with Gasteiger partial charge in [-0.2, -0.15) is 9.15 Å². The Morgan fingerprint density at radius 3 is 2.55 bits per heavy atom. The zero-order valence-electron chi connectivity index (χ0n) is 16.9. The molecular formula is C22H18FN5O2S. The molecule has 2 aromatic carbocycles. The number of aryl methyl sites for hydroxylation is 1. The quantitative estimate of drug-likeness (QED) is 0.481. The number of nitriles is 1. The van der Waals surface area contributed by atoms with Gasteiger partial charge in [0.05, 0.1) is 23.8 Å². The molecule has 0 fully saturated rings. The van der Waals surface area contributed by atoms with Gasteiger partial charge in [-0.25, -0.2) is 9.78 Å². The summed E-state index contributed by atoms with van der Waals surface area (Å²) in [6.07, 6.45) is 0.360. The van der Waals surface area contributed by atoms with Crippen LogP contribution in [-0.4, -0.2) is 18.7 Å². The highest BCUT2D eigenvalue weighted by molar-refractivity contribution is 7.94. The molecule has 0 saturated heterocycles. The van der Waals surface area contributed by atoms with Crippen molar-refractivity contribution in [3.8, 4) is 6.07 Å². The van der Waals surface area contributed by atoms with E-state index in [2.05, 4.69) is 11.1 Å². The molecule has 0 radical (unpaired) electrons. The van der Waals surface area contributed by atoms with Gasteiger partial charge in [0.1, 0.15) is 5.82 Å². The molecule has 156 valence electrons. The predicted octanol–water partition coefficient (Wildman–Crippen LogP) is 2.92. The van der Waals surface area contributed by atoms with Crippen LogP contribution >= 0.6 is 12.1 Å². The standard InChI is InChI=1S/C22H18FN5O2S/c1-26-20-19(21(29)27(2)22(26)30)28(13-16-7-4-8-17(10-16)31-23)18(25-20)11-14-5-3-6-15(9-14)12-24/h3-10H,11,13H2,1-2H3. The summed E-state index contributed by atoms with van der Waals surface area (Å²) in [5.41, 5.74) is 1.85. The van der Waals surface area contributed by atoms with E-state index in [1.54, 1.807) is 48.0 Å². The predicted molar refractivity (Wildman–Crippen MR) is 117 cm³/mol. The summed E-state index contributed by atoms with van der Waals surface area (Å²) >= 11 is 0.153. The van der Waals surface area contributed by atoms with E-state index >= 15 is 0 Å². The van der Waals surface area contributed by atoms with E-state index in [1.807, 2.05) is 12.1 Å². The highest BCUT2D eigenvalue weighted by Crippen LogP contribution is 2.22. The molecule has 4 aromatic rings. The Kier molecular flexibility index (Phi) is 5.48. The summed E-state index contributed by atoms with van der Waals surface area (Å²) < 4.78 is 17.2.